The summed E-state index contributed by atoms with van der Waals surface area (Å²) >= 11 is 0. The molecule has 2 rings (SSSR count). The van der Waals surface area contributed by atoms with Gasteiger partial charge in [-0.05, 0) is 55.7 Å². The first-order chi connectivity index (χ1) is 9.38. The van der Waals surface area contributed by atoms with Crippen molar-refractivity contribution in [3.8, 4) is 5.75 Å². The van der Waals surface area contributed by atoms with E-state index in [0.29, 0.717) is 22.4 Å². The highest BCUT2D eigenvalue weighted by molar-refractivity contribution is 6.19. The molecule has 20 heavy (non-hydrogen) atoms. The molecule has 0 saturated heterocycles. The molecule has 1 heterocycles. The van der Waals surface area contributed by atoms with Gasteiger partial charge in [-0.1, -0.05) is 5.16 Å². The molecule has 0 aliphatic heterocycles. The summed E-state index contributed by atoms with van der Waals surface area (Å²) in [7, 11) is 0. The number of aromatic nitrogens is 1. The molecule has 0 amide bonds. The standard InChI is InChI=1S/C15H15NO4/c1-8-4-11(5-9(2)14(8)17)7-12(15(18)19)13-6-10(3)16-20-13/h4-7,17H,1-3H3,(H,18,19). The number of aliphatic carboxylic acids is 1. The van der Waals surface area contributed by atoms with E-state index in [1.807, 2.05) is 0 Å². The lowest BCUT2D eigenvalue weighted by atomic mass is 10.0. The molecule has 0 aliphatic rings. The molecule has 0 fully saturated rings. The lowest BCUT2D eigenvalue weighted by Crippen LogP contribution is -1.98. The van der Waals surface area contributed by atoms with Crippen molar-refractivity contribution in [2.45, 2.75) is 20.8 Å². The van der Waals surface area contributed by atoms with Crippen molar-refractivity contribution < 1.29 is 19.5 Å². The Morgan fingerprint density at radius 2 is 1.80 bits per heavy atom. The molecule has 0 bridgehead atoms. The number of nitrogens with zero attached hydrogens (tertiary/aromatic N) is 1. The molecule has 0 saturated carbocycles. The van der Waals surface area contributed by atoms with Crippen LogP contribution in [0, 0.1) is 20.8 Å². The third-order valence-electron chi connectivity index (χ3n) is 2.95. The second-order valence-electron chi connectivity index (χ2n) is 4.70. The maximum atomic E-state index is 11.3. The lowest BCUT2D eigenvalue weighted by Gasteiger charge is -2.05. The highest BCUT2D eigenvalue weighted by Gasteiger charge is 2.16. The predicted molar refractivity (Wildman–Crippen MR) is 74.3 cm³/mol. The average Bonchev–Trinajstić information content (AvgIpc) is 2.79. The molecule has 0 radical (unpaired) electrons. The summed E-state index contributed by atoms with van der Waals surface area (Å²) in [5.41, 5.74) is 2.70. The van der Waals surface area contributed by atoms with E-state index in [9.17, 15) is 15.0 Å². The van der Waals surface area contributed by atoms with Crippen LogP contribution < -0.4 is 0 Å². The van der Waals surface area contributed by atoms with Gasteiger partial charge in [-0.15, -0.1) is 0 Å². The summed E-state index contributed by atoms with van der Waals surface area (Å²) in [4.78, 5) is 11.3. The number of aromatic hydroxyl groups is 1. The minimum atomic E-state index is -1.09. The van der Waals surface area contributed by atoms with Gasteiger partial charge >= 0.3 is 5.97 Å². The highest BCUT2D eigenvalue weighted by Crippen LogP contribution is 2.26. The van der Waals surface area contributed by atoms with E-state index in [2.05, 4.69) is 5.16 Å². The van der Waals surface area contributed by atoms with Gasteiger partial charge in [0.15, 0.2) is 5.76 Å². The minimum Gasteiger partial charge on any atom is -0.507 e. The van der Waals surface area contributed by atoms with Gasteiger partial charge in [0.25, 0.3) is 0 Å². The van der Waals surface area contributed by atoms with E-state index < -0.39 is 5.97 Å². The number of carbonyl (C=O) groups is 1. The first-order valence-electron chi connectivity index (χ1n) is 6.07. The number of hydrogen-bond donors (Lipinski definition) is 2. The number of phenolic OH excluding ortho intramolecular Hbond substituents is 1. The molecule has 104 valence electrons. The quantitative estimate of drug-likeness (QED) is 0.840. The molecule has 0 atom stereocenters. The third-order valence-corrected chi connectivity index (χ3v) is 2.95. The fraction of sp³-hybridized carbons (Fsp3) is 0.200. The van der Waals surface area contributed by atoms with E-state index in [-0.39, 0.29) is 17.1 Å². The van der Waals surface area contributed by atoms with Gasteiger partial charge in [-0.2, -0.15) is 0 Å². The van der Waals surface area contributed by atoms with Crippen molar-refractivity contribution in [3.63, 3.8) is 0 Å². The molecule has 5 nitrogen and oxygen atoms in total. The number of carboxylic acids is 1. The van der Waals surface area contributed by atoms with Gasteiger partial charge in [-0.3, -0.25) is 0 Å². The van der Waals surface area contributed by atoms with E-state index in [0.717, 1.165) is 0 Å². The Kier molecular flexibility index (Phi) is 3.61. The molecule has 0 spiro atoms. The second-order valence-corrected chi connectivity index (χ2v) is 4.70. The van der Waals surface area contributed by atoms with Crippen LogP contribution in [0.15, 0.2) is 22.7 Å². The normalized spacial score (nSPS) is 11.7. The summed E-state index contributed by atoms with van der Waals surface area (Å²) in [5, 5.41) is 22.7. The summed E-state index contributed by atoms with van der Waals surface area (Å²) in [5.74, 6) is -0.669. The van der Waals surface area contributed by atoms with Gasteiger partial charge < -0.3 is 14.7 Å². The number of hydrogen-bond acceptors (Lipinski definition) is 4. The van der Waals surface area contributed by atoms with Crippen molar-refractivity contribution in [2.24, 2.45) is 0 Å². The van der Waals surface area contributed by atoms with Crippen molar-refractivity contribution in [1.29, 1.82) is 0 Å². The Balaban J connectivity index is 2.52. The minimum absolute atomic E-state index is 0.0232. The molecule has 5 heteroatoms. The second kappa shape index (κ2) is 5.21. The largest absolute Gasteiger partial charge is 0.507 e. The zero-order chi connectivity index (χ0) is 14.9. The molecule has 1 aromatic carbocycles. The van der Waals surface area contributed by atoms with Gasteiger partial charge in [0.1, 0.15) is 11.3 Å². The topological polar surface area (TPSA) is 83.6 Å². The summed E-state index contributed by atoms with van der Waals surface area (Å²) < 4.78 is 5.00. The van der Waals surface area contributed by atoms with Gasteiger partial charge in [-0.25, -0.2) is 4.79 Å². The molecular weight excluding hydrogens is 258 g/mol. The number of rotatable bonds is 3. The SMILES string of the molecule is Cc1cc(C(=Cc2cc(C)c(O)c(C)c2)C(=O)O)on1. The summed E-state index contributed by atoms with van der Waals surface area (Å²) in [6, 6.07) is 5.00. The predicted octanol–water partition coefficient (Wildman–Crippen LogP) is 2.93. The summed E-state index contributed by atoms with van der Waals surface area (Å²) in [6.07, 6.45) is 1.50. The van der Waals surface area contributed by atoms with Crippen LogP contribution in [0.3, 0.4) is 0 Å². The maximum Gasteiger partial charge on any atom is 0.339 e. The van der Waals surface area contributed by atoms with Gasteiger partial charge in [0.05, 0.1) is 5.69 Å². The van der Waals surface area contributed by atoms with Crippen LogP contribution in [-0.2, 0) is 4.79 Å². The Bertz CT molecular complexity index is 675. The van der Waals surface area contributed by atoms with Crippen molar-refractivity contribution in [3.05, 3.63) is 46.3 Å². The maximum absolute atomic E-state index is 11.3. The molecular formula is C15H15NO4. The number of phenols is 1. The van der Waals surface area contributed by atoms with Crippen LogP contribution in [0.2, 0.25) is 0 Å². The fourth-order valence-corrected chi connectivity index (χ4v) is 1.97. The van der Waals surface area contributed by atoms with Gasteiger partial charge in [0, 0.05) is 6.07 Å². The van der Waals surface area contributed by atoms with Crippen LogP contribution in [0.5, 0.6) is 5.75 Å². The monoisotopic (exact) mass is 273 g/mol. The first-order valence-corrected chi connectivity index (χ1v) is 6.07. The Morgan fingerprint density at radius 1 is 1.20 bits per heavy atom. The lowest BCUT2D eigenvalue weighted by molar-refractivity contribution is -0.130. The van der Waals surface area contributed by atoms with Crippen molar-refractivity contribution in [2.75, 3.05) is 0 Å². The van der Waals surface area contributed by atoms with Crippen LogP contribution in [0.25, 0.3) is 11.6 Å². The van der Waals surface area contributed by atoms with Crippen LogP contribution >= 0.6 is 0 Å². The highest BCUT2D eigenvalue weighted by atomic mass is 16.5. The van der Waals surface area contributed by atoms with Crippen LogP contribution in [-0.4, -0.2) is 21.3 Å². The average molecular weight is 273 g/mol. The van der Waals surface area contributed by atoms with E-state index >= 15 is 0 Å². The molecule has 2 aromatic rings. The number of carboxylic acid groups (broad SMARTS) is 1. The molecule has 1 aromatic heterocycles. The van der Waals surface area contributed by atoms with Gasteiger partial charge in [0.2, 0.25) is 0 Å². The summed E-state index contributed by atoms with van der Waals surface area (Å²) in [6.45, 7) is 5.25. The molecule has 0 unspecified atom stereocenters. The Labute approximate surface area is 116 Å². The number of benzene rings is 1. The molecule has 0 aliphatic carbocycles. The first kappa shape index (κ1) is 13.9. The zero-order valence-electron chi connectivity index (χ0n) is 11.5. The van der Waals surface area contributed by atoms with Crippen LogP contribution in [0.4, 0.5) is 0 Å². The Hall–Kier alpha value is -2.56. The van der Waals surface area contributed by atoms with Crippen LogP contribution in [0.1, 0.15) is 28.1 Å². The fourth-order valence-electron chi connectivity index (χ4n) is 1.97. The molecule has 2 N–H and O–H groups in total. The smallest absolute Gasteiger partial charge is 0.339 e. The Morgan fingerprint density at radius 3 is 2.25 bits per heavy atom. The van der Waals surface area contributed by atoms with E-state index in [1.165, 1.54) is 6.08 Å². The van der Waals surface area contributed by atoms with Crippen molar-refractivity contribution >= 4 is 17.6 Å². The number of aryl methyl sites for hydroxylation is 3. The van der Waals surface area contributed by atoms with Crippen molar-refractivity contribution in [1.82, 2.24) is 5.16 Å². The third kappa shape index (κ3) is 2.71. The van der Waals surface area contributed by atoms with E-state index in [4.69, 9.17) is 4.52 Å². The zero-order valence-corrected chi connectivity index (χ0v) is 11.5. The van der Waals surface area contributed by atoms with E-state index in [1.54, 1.807) is 39.0 Å².